The molecule has 19 heavy (non-hydrogen) atoms. The molecule has 0 heterocycles. The van der Waals surface area contributed by atoms with Crippen LogP contribution >= 0.6 is 0 Å². The highest BCUT2D eigenvalue weighted by molar-refractivity contribution is 5.80. The number of ether oxygens (including phenoxy) is 2. The number of likely N-dealkylation sites (N-methyl/N-ethyl adjacent to an activating group) is 1. The Morgan fingerprint density at radius 2 is 1.84 bits per heavy atom. The van der Waals surface area contributed by atoms with Gasteiger partial charge in [-0.05, 0) is 26.3 Å². The molecule has 1 atom stereocenters. The number of hydrogen-bond donors (Lipinski definition) is 1. The number of methoxy groups -OCH3 is 1. The molecule has 114 valence electrons. The van der Waals surface area contributed by atoms with E-state index in [0.717, 1.165) is 0 Å². The van der Waals surface area contributed by atoms with Gasteiger partial charge >= 0.3 is 12.1 Å². The second-order valence-electron chi connectivity index (χ2n) is 4.44. The quantitative estimate of drug-likeness (QED) is 0.521. The summed E-state index contributed by atoms with van der Waals surface area (Å²) in [7, 11) is 1.30. The fourth-order valence-electron chi connectivity index (χ4n) is 1.70. The number of halogens is 3. The first-order chi connectivity index (χ1) is 8.75. The standard InChI is InChI=1S/C12H22F3NO3/c1-4-16-11(2,10(17)18-3)6-5-8-19-9-7-12(13,14)15/h16H,4-9H2,1-3H3. The molecule has 0 aliphatic heterocycles. The summed E-state index contributed by atoms with van der Waals surface area (Å²) in [5.41, 5.74) is -0.823. The van der Waals surface area contributed by atoms with E-state index in [9.17, 15) is 18.0 Å². The van der Waals surface area contributed by atoms with Crippen LogP contribution in [-0.4, -0.2) is 44.6 Å². The van der Waals surface area contributed by atoms with Crippen molar-refractivity contribution in [3.05, 3.63) is 0 Å². The van der Waals surface area contributed by atoms with Gasteiger partial charge < -0.3 is 14.8 Å². The number of carbonyl (C=O) groups excluding carboxylic acids is 1. The third-order valence-electron chi connectivity index (χ3n) is 2.70. The predicted octanol–water partition coefficient (Wildman–Crippen LogP) is 2.28. The third kappa shape index (κ3) is 8.05. The molecule has 0 aromatic heterocycles. The maximum Gasteiger partial charge on any atom is 0.391 e. The Morgan fingerprint density at radius 3 is 2.32 bits per heavy atom. The summed E-state index contributed by atoms with van der Waals surface area (Å²) in [5.74, 6) is -0.385. The molecule has 0 saturated carbocycles. The first kappa shape index (κ1) is 18.2. The van der Waals surface area contributed by atoms with Gasteiger partial charge in [-0.2, -0.15) is 13.2 Å². The summed E-state index contributed by atoms with van der Waals surface area (Å²) >= 11 is 0. The van der Waals surface area contributed by atoms with Crippen molar-refractivity contribution in [1.82, 2.24) is 5.32 Å². The summed E-state index contributed by atoms with van der Waals surface area (Å²) in [5, 5.41) is 3.01. The maximum atomic E-state index is 11.9. The van der Waals surface area contributed by atoms with Gasteiger partial charge in [0.15, 0.2) is 0 Å². The second kappa shape index (κ2) is 8.37. The van der Waals surface area contributed by atoms with E-state index in [2.05, 4.69) is 5.32 Å². The van der Waals surface area contributed by atoms with Crippen LogP contribution in [0.2, 0.25) is 0 Å². The van der Waals surface area contributed by atoms with Crippen LogP contribution in [-0.2, 0) is 14.3 Å². The van der Waals surface area contributed by atoms with Gasteiger partial charge in [0.2, 0.25) is 0 Å². The first-order valence-electron chi connectivity index (χ1n) is 6.23. The van der Waals surface area contributed by atoms with Crippen molar-refractivity contribution in [3.63, 3.8) is 0 Å². The van der Waals surface area contributed by atoms with Crippen molar-refractivity contribution in [1.29, 1.82) is 0 Å². The Hall–Kier alpha value is -0.820. The molecular formula is C12H22F3NO3. The molecule has 0 aliphatic carbocycles. The van der Waals surface area contributed by atoms with Crippen LogP contribution < -0.4 is 5.32 Å². The Labute approximate surface area is 111 Å². The van der Waals surface area contributed by atoms with Gasteiger partial charge in [0, 0.05) is 6.61 Å². The van der Waals surface area contributed by atoms with Crippen LogP contribution in [0.25, 0.3) is 0 Å². The van der Waals surface area contributed by atoms with Crippen LogP contribution in [0.5, 0.6) is 0 Å². The molecule has 7 heteroatoms. The van der Waals surface area contributed by atoms with Crippen LogP contribution in [0.3, 0.4) is 0 Å². The van der Waals surface area contributed by atoms with Crippen LogP contribution in [0.1, 0.15) is 33.1 Å². The molecule has 0 amide bonds. The van der Waals surface area contributed by atoms with Crippen molar-refractivity contribution in [2.24, 2.45) is 0 Å². The summed E-state index contributed by atoms with van der Waals surface area (Å²) in [6.07, 6.45) is -4.21. The van der Waals surface area contributed by atoms with E-state index >= 15 is 0 Å². The van der Waals surface area contributed by atoms with Crippen LogP contribution in [0, 0.1) is 0 Å². The molecule has 0 rings (SSSR count). The highest BCUT2D eigenvalue weighted by atomic mass is 19.4. The number of carbonyl (C=O) groups is 1. The lowest BCUT2D eigenvalue weighted by atomic mass is 9.96. The summed E-state index contributed by atoms with van der Waals surface area (Å²) in [6.45, 7) is 4.01. The number of esters is 1. The van der Waals surface area contributed by atoms with E-state index in [1.807, 2.05) is 6.92 Å². The number of nitrogens with one attached hydrogen (secondary N) is 1. The van der Waals surface area contributed by atoms with Gasteiger partial charge in [-0.3, -0.25) is 4.79 Å². The molecule has 1 N–H and O–H groups in total. The van der Waals surface area contributed by atoms with Gasteiger partial charge in [-0.15, -0.1) is 0 Å². The van der Waals surface area contributed by atoms with Crippen molar-refractivity contribution >= 4 is 5.97 Å². The SMILES string of the molecule is CCNC(C)(CCCOCCC(F)(F)F)C(=O)OC. The van der Waals surface area contributed by atoms with E-state index in [4.69, 9.17) is 9.47 Å². The Bertz CT molecular complexity index is 271. The van der Waals surface area contributed by atoms with Gasteiger partial charge in [0.25, 0.3) is 0 Å². The molecule has 0 aliphatic rings. The van der Waals surface area contributed by atoms with E-state index < -0.39 is 18.1 Å². The van der Waals surface area contributed by atoms with Crippen LogP contribution in [0.15, 0.2) is 0 Å². The molecule has 4 nitrogen and oxygen atoms in total. The smallest absolute Gasteiger partial charge is 0.391 e. The van der Waals surface area contributed by atoms with E-state index in [1.54, 1.807) is 6.92 Å². The average Bonchev–Trinajstić information content (AvgIpc) is 2.31. The molecule has 0 bridgehead atoms. The number of hydrogen-bond acceptors (Lipinski definition) is 4. The zero-order chi connectivity index (χ0) is 14.9. The van der Waals surface area contributed by atoms with E-state index in [-0.39, 0.29) is 19.2 Å². The predicted molar refractivity (Wildman–Crippen MR) is 64.8 cm³/mol. The zero-order valence-electron chi connectivity index (χ0n) is 11.6. The Morgan fingerprint density at radius 1 is 1.21 bits per heavy atom. The minimum atomic E-state index is -4.19. The Balaban J connectivity index is 3.92. The van der Waals surface area contributed by atoms with E-state index in [0.29, 0.717) is 19.4 Å². The van der Waals surface area contributed by atoms with Crippen molar-refractivity contribution in [2.45, 2.75) is 44.8 Å². The van der Waals surface area contributed by atoms with Gasteiger partial charge in [0.05, 0.1) is 20.1 Å². The zero-order valence-corrected chi connectivity index (χ0v) is 11.6. The highest BCUT2D eigenvalue weighted by Gasteiger charge is 2.32. The summed E-state index contributed by atoms with van der Waals surface area (Å²) in [4.78, 5) is 11.6. The fraction of sp³-hybridized carbons (Fsp3) is 0.917. The molecule has 0 radical (unpaired) electrons. The topological polar surface area (TPSA) is 47.6 Å². The largest absolute Gasteiger partial charge is 0.468 e. The lowest BCUT2D eigenvalue weighted by Gasteiger charge is -2.27. The molecule has 0 spiro atoms. The summed E-state index contributed by atoms with van der Waals surface area (Å²) < 4.78 is 45.2. The number of rotatable bonds is 9. The second-order valence-corrected chi connectivity index (χ2v) is 4.44. The molecule has 1 unspecified atom stereocenters. The van der Waals surface area contributed by atoms with Crippen molar-refractivity contribution < 1.29 is 27.4 Å². The molecule has 0 fully saturated rings. The summed E-state index contributed by atoms with van der Waals surface area (Å²) in [6, 6.07) is 0. The van der Waals surface area contributed by atoms with Gasteiger partial charge in [0.1, 0.15) is 5.54 Å². The average molecular weight is 285 g/mol. The number of alkyl halides is 3. The minimum absolute atomic E-state index is 0.189. The fourth-order valence-corrected chi connectivity index (χ4v) is 1.70. The monoisotopic (exact) mass is 285 g/mol. The first-order valence-corrected chi connectivity index (χ1v) is 6.23. The molecule has 0 aromatic carbocycles. The van der Waals surface area contributed by atoms with Gasteiger partial charge in [-0.1, -0.05) is 6.92 Å². The lowest BCUT2D eigenvalue weighted by Crippen LogP contribution is -2.50. The molecular weight excluding hydrogens is 263 g/mol. The normalized spacial score (nSPS) is 15.1. The minimum Gasteiger partial charge on any atom is -0.468 e. The Kier molecular flexibility index (Phi) is 8.01. The lowest BCUT2D eigenvalue weighted by molar-refractivity contribution is -0.148. The highest BCUT2D eigenvalue weighted by Crippen LogP contribution is 2.19. The van der Waals surface area contributed by atoms with Crippen molar-refractivity contribution in [3.8, 4) is 0 Å². The maximum absolute atomic E-state index is 11.9. The van der Waals surface area contributed by atoms with Crippen molar-refractivity contribution in [2.75, 3.05) is 26.9 Å². The van der Waals surface area contributed by atoms with E-state index in [1.165, 1.54) is 7.11 Å². The van der Waals surface area contributed by atoms with Gasteiger partial charge in [-0.25, -0.2) is 0 Å². The molecule has 0 saturated heterocycles. The molecule has 0 aromatic rings. The van der Waals surface area contributed by atoms with Crippen LogP contribution in [0.4, 0.5) is 13.2 Å². The third-order valence-corrected chi connectivity index (χ3v) is 2.70.